The van der Waals surface area contributed by atoms with Crippen LogP contribution in [0.1, 0.15) is 65.2 Å². The van der Waals surface area contributed by atoms with Gasteiger partial charge in [-0.3, -0.25) is 4.79 Å². The van der Waals surface area contributed by atoms with E-state index in [1.165, 1.54) is 19.3 Å². The molecule has 2 unspecified atom stereocenters. The summed E-state index contributed by atoms with van der Waals surface area (Å²) in [6.45, 7) is 4.85. The molecule has 1 amide bonds. The van der Waals surface area contributed by atoms with E-state index in [0.717, 1.165) is 38.0 Å². The fraction of sp³-hybridized carbons (Fsp3) is 0.900. The molecule has 1 heterocycles. The Labute approximate surface area is 144 Å². The molecule has 4 bridgehead atoms. The molecule has 0 radical (unpaired) electrons. The Morgan fingerprint density at radius 2 is 1.83 bits per heavy atom. The van der Waals surface area contributed by atoms with Gasteiger partial charge in [-0.15, -0.1) is 0 Å². The molecule has 0 aromatic heterocycles. The minimum absolute atomic E-state index is 0.0209. The first-order valence-electron chi connectivity index (χ1n) is 9.74. The third-order valence-corrected chi connectivity index (χ3v) is 8.10. The number of nitrogens with zero attached hydrogens (tertiary/aromatic N) is 2. The number of hydrogen-bond acceptors (Lipinski definition) is 3. The minimum Gasteiger partial charge on any atom is -0.322 e. The number of likely N-dealkylation sites (tertiary alicyclic amines) is 1. The molecule has 5 saturated carbocycles. The number of fused-ring (bicyclic) bond motifs is 1. The highest BCUT2D eigenvalue weighted by Gasteiger charge is 2.64. The average molecular weight is 327 g/mol. The van der Waals surface area contributed by atoms with Crippen LogP contribution in [0.5, 0.6) is 0 Å². The van der Waals surface area contributed by atoms with Gasteiger partial charge >= 0.3 is 0 Å². The molecule has 2 N–H and O–H groups in total. The molecule has 6 aliphatic rings. The summed E-state index contributed by atoms with van der Waals surface area (Å²) in [6, 6.07) is 2.03. The number of carbonyl (C=O) groups is 1. The number of carbonyl (C=O) groups excluding carboxylic acids is 1. The maximum Gasteiger partial charge on any atom is 0.241 e. The van der Waals surface area contributed by atoms with E-state index in [1.54, 1.807) is 0 Å². The lowest BCUT2D eigenvalue weighted by atomic mass is 9.39. The second kappa shape index (κ2) is 4.36. The molecule has 5 aliphatic carbocycles. The molecule has 4 nitrogen and oxygen atoms in total. The Morgan fingerprint density at radius 3 is 2.42 bits per heavy atom. The Morgan fingerprint density at radius 1 is 1.17 bits per heavy atom. The zero-order chi connectivity index (χ0) is 16.9. The van der Waals surface area contributed by atoms with Crippen LogP contribution in [0, 0.1) is 39.4 Å². The molecule has 6 rings (SSSR count). The lowest BCUT2D eigenvalue weighted by Gasteiger charge is -2.66. The summed E-state index contributed by atoms with van der Waals surface area (Å²) in [6.07, 6.45) is 9.24. The normalized spacial score (nSPS) is 55.2. The topological polar surface area (TPSA) is 70.1 Å². The summed E-state index contributed by atoms with van der Waals surface area (Å²) in [7, 11) is 0. The van der Waals surface area contributed by atoms with Crippen LogP contribution in [-0.2, 0) is 4.79 Å². The third kappa shape index (κ3) is 1.91. The number of amides is 1. The van der Waals surface area contributed by atoms with E-state index in [-0.39, 0.29) is 17.4 Å². The molecule has 130 valence electrons. The summed E-state index contributed by atoms with van der Waals surface area (Å²) in [5, 5.41) is 9.44. The quantitative estimate of drug-likeness (QED) is 0.848. The van der Waals surface area contributed by atoms with Crippen molar-refractivity contribution < 1.29 is 4.79 Å². The second-order valence-electron chi connectivity index (χ2n) is 10.7. The molecule has 0 aromatic rings. The summed E-state index contributed by atoms with van der Waals surface area (Å²) >= 11 is 0. The van der Waals surface area contributed by atoms with E-state index >= 15 is 0 Å². The van der Waals surface area contributed by atoms with Crippen LogP contribution >= 0.6 is 0 Å². The van der Waals surface area contributed by atoms with Crippen molar-refractivity contribution in [2.24, 2.45) is 33.8 Å². The van der Waals surface area contributed by atoms with Gasteiger partial charge in [0.05, 0.1) is 12.1 Å². The lowest BCUT2D eigenvalue weighted by Crippen LogP contribution is -2.64. The molecular weight excluding hydrogens is 298 g/mol. The van der Waals surface area contributed by atoms with Gasteiger partial charge in [0.15, 0.2) is 0 Å². The summed E-state index contributed by atoms with van der Waals surface area (Å²) in [5.74, 6) is 1.40. The van der Waals surface area contributed by atoms with Gasteiger partial charge in [-0.1, -0.05) is 13.8 Å². The van der Waals surface area contributed by atoms with Gasteiger partial charge in [-0.2, -0.15) is 5.26 Å². The van der Waals surface area contributed by atoms with Crippen LogP contribution in [0.3, 0.4) is 0 Å². The van der Waals surface area contributed by atoms with Crippen molar-refractivity contribution in [3.8, 4) is 6.07 Å². The van der Waals surface area contributed by atoms with Crippen molar-refractivity contribution in [1.82, 2.24) is 4.90 Å². The second-order valence-corrected chi connectivity index (χ2v) is 10.7. The van der Waals surface area contributed by atoms with Crippen molar-refractivity contribution in [2.75, 3.05) is 0 Å². The number of rotatable bonds is 2. The number of hydrogen-bond donors (Lipinski definition) is 1. The van der Waals surface area contributed by atoms with Crippen molar-refractivity contribution in [3.05, 3.63) is 0 Å². The zero-order valence-electron chi connectivity index (χ0n) is 14.9. The lowest BCUT2D eigenvalue weighted by molar-refractivity contribution is -0.167. The van der Waals surface area contributed by atoms with Crippen LogP contribution in [0.2, 0.25) is 0 Å². The van der Waals surface area contributed by atoms with Crippen molar-refractivity contribution >= 4 is 5.91 Å². The first kappa shape index (κ1) is 15.2. The van der Waals surface area contributed by atoms with E-state index in [1.807, 2.05) is 4.90 Å². The summed E-state index contributed by atoms with van der Waals surface area (Å²) in [4.78, 5) is 15.2. The standard InChI is InChI=1S/C20H29N3O/c1-18-5-12-6-19(2,9-18)11-20(7-12,10-18)16(22)17(24)23-14(8-21)3-13-4-15(13)23/h12-16H,3-7,9-11,22H2,1-2H3/t12?,13-,14+,15+,16+,18?,19?,20?/m0/s1. The predicted octanol–water partition coefficient (Wildman–Crippen LogP) is 2.82. The molecule has 24 heavy (non-hydrogen) atoms. The van der Waals surface area contributed by atoms with Gasteiger partial charge in [0.2, 0.25) is 5.91 Å². The van der Waals surface area contributed by atoms with Crippen LogP contribution in [0.15, 0.2) is 0 Å². The highest BCUT2D eigenvalue weighted by Crippen LogP contribution is 2.70. The number of nitrogens with two attached hydrogens (primary N) is 1. The van der Waals surface area contributed by atoms with E-state index in [0.29, 0.717) is 22.8 Å². The first-order valence-corrected chi connectivity index (χ1v) is 9.74. The van der Waals surface area contributed by atoms with E-state index in [9.17, 15) is 10.1 Å². The highest BCUT2D eigenvalue weighted by atomic mass is 16.2. The van der Waals surface area contributed by atoms with Crippen molar-refractivity contribution in [1.29, 1.82) is 5.26 Å². The van der Waals surface area contributed by atoms with Crippen LogP contribution in [0.4, 0.5) is 0 Å². The molecule has 1 aliphatic heterocycles. The van der Waals surface area contributed by atoms with Gasteiger partial charge < -0.3 is 10.6 Å². The molecule has 6 atom stereocenters. The molecule has 0 spiro atoms. The predicted molar refractivity (Wildman–Crippen MR) is 90.6 cm³/mol. The Hall–Kier alpha value is -1.08. The van der Waals surface area contributed by atoms with Gasteiger partial charge in [-0.25, -0.2) is 0 Å². The zero-order valence-corrected chi connectivity index (χ0v) is 14.9. The summed E-state index contributed by atoms with van der Waals surface area (Å²) in [5.41, 5.74) is 7.43. The van der Waals surface area contributed by atoms with Crippen molar-refractivity contribution in [3.63, 3.8) is 0 Å². The Balaban J connectivity index is 1.45. The van der Waals surface area contributed by atoms with E-state index in [4.69, 9.17) is 5.73 Å². The third-order valence-electron chi connectivity index (χ3n) is 8.10. The van der Waals surface area contributed by atoms with Gasteiger partial charge in [0.25, 0.3) is 0 Å². The Bertz CT molecular complexity index is 634. The molecule has 1 saturated heterocycles. The molecular formula is C20H29N3O. The maximum atomic E-state index is 13.3. The largest absolute Gasteiger partial charge is 0.322 e. The SMILES string of the molecule is CC12CC3CC(C)(C1)CC([C@H](N)C(=O)N1[C@@H]4C[C@@H]4C[C@@H]1C#N)(C3)C2. The number of nitriles is 1. The molecule has 0 aromatic carbocycles. The first-order chi connectivity index (χ1) is 11.3. The van der Waals surface area contributed by atoms with Crippen LogP contribution in [0.25, 0.3) is 0 Å². The molecule has 4 heteroatoms. The van der Waals surface area contributed by atoms with Crippen LogP contribution < -0.4 is 5.73 Å². The van der Waals surface area contributed by atoms with Crippen molar-refractivity contribution in [2.45, 2.75) is 83.3 Å². The molecule has 6 fully saturated rings. The smallest absolute Gasteiger partial charge is 0.241 e. The highest BCUT2D eigenvalue weighted by molar-refractivity contribution is 5.84. The summed E-state index contributed by atoms with van der Waals surface area (Å²) < 4.78 is 0. The Kier molecular flexibility index (Phi) is 2.76. The minimum atomic E-state index is -0.408. The monoisotopic (exact) mass is 327 g/mol. The average Bonchev–Trinajstić information content (AvgIpc) is 3.12. The number of piperidine rings is 1. The van der Waals surface area contributed by atoms with E-state index in [2.05, 4.69) is 19.9 Å². The van der Waals surface area contributed by atoms with Gasteiger partial charge in [0, 0.05) is 6.04 Å². The maximum absolute atomic E-state index is 13.3. The van der Waals surface area contributed by atoms with Crippen LogP contribution in [-0.4, -0.2) is 28.9 Å². The fourth-order valence-electron chi connectivity index (χ4n) is 8.19. The van der Waals surface area contributed by atoms with Gasteiger partial charge in [-0.05, 0) is 79.4 Å². The van der Waals surface area contributed by atoms with Gasteiger partial charge in [0.1, 0.15) is 6.04 Å². The van der Waals surface area contributed by atoms with E-state index < -0.39 is 6.04 Å². The fourth-order valence-corrected chi connectivity index (χ4v) is 8.19.